The first-order valence-electron chi connectivity index (χ1n) is 12.3. The molecule has 35 heavy (non-hydrogen) atoms. The highest BCUT2D eigenvalue weighted by Crippen LogP contribution is 2.44. The van der Waals surface area contributed by atoms with Crippen molar-refractivity contribution in [2.45, 2.75) is 45.1 Å². The average molecular weight is 475 g/mol. The van der Waals surface area contributed by atoms with E-state index in [9.17, 15) is 10.1 Å². The summed E-state index contributed by atoms with van der Waals surface area (Å²) in [4.78, 5) is 26.4. The Morgan fingerprint density at radius 2 is 2.17 bits per heavy atom. The van der Waals surface area contributed by atoms with Gasteiger partial charge in [0.1, 0.15) is 17.7 Å². The van der Waals surface area contributed by atoms with Gasteiger partial charge in [0.05, 0.1) is 36.0 Å². The lowest BCUT2D eigenvalue weighted by molar-refractivity contribution is -0.135. The topological polar surface area (TPSA) is 94.4 Å². The maximum absolute atomic E-state index is 12.8. The molecule has 8 heteroatoms. The van der Waals surface area contributed by atoms with Gasteiger partial charge in [-0.2, -0.15) is 5.26 Å². The maximum Gasteiger partial charge on any atom is 0.225 e. The van der Waals surface area contributed by atoms with Crippen LogP contribution < -0.4 is 10.2 Å². The Labute approximate surface area is 207 Å². The third kappa shape index (κ3) is 5.63. The van der Waals surface area contributed by atoms with Gasteiger partial charge in [-0.15, -0.1) is 0 Å². The van der Waals surface area contributed by atoms with Gasteiger partial charge in [0.15, 0.2) is 0 Å². The van der Waals surface area contributed by atoms with E-state index in [-0.39, 0.29) is 17.9 Å². The molecule has 1 atom stereocenters. The van der Waals surface area contributed by atoms with Crippen LogP contribution in [0.4, 0.5) is 17.3 Å². The molecule has 0 spiro atoms. The van der Waals surface area contributed by atoms with Crippen molar-refractivity contribution in [3.05, 3.63) is 47.8 Å². The molecule has 1 N–H and O–H groups in total. The number of aromatic nitrogens is 2. The van der Waals surface area contributed by atoms with Crippen LogP contribution in [-0.2, 0) is 9.53 Å². The second-order valence-electron chi connectivity index (χ2n) is 9.57. The average Bonchev–Trinajstić information content (AvgIpc) is 3.72. The second kappa shape index (κ2) is 10.9. The molecule has 1 saturated heterocycles. The molecule has 0 radical (unpaired) electrons. The van der Waals surface area contributed by atoms with Gasteiger partial charge in [-0.3, -0.25) is 4.79 Å². The Kier molecular flexibility index (Phi) is 7.67. The standard InChI is InChI=1S/C27H34N6O2/c1-5-19-8-10-29-24(14-19)30-22-15-21(16-28)27(31-26(22)20-6-7-20)32-11-12-33(23(17-32)18(2)3)25(34)9-13-35-4/h5,8,10,14-15,18,20,23H,1,6-7,9,11-13,17H2,2-4H3,(H,29,30). The largest absolute Gasteiger partial charge is 0.384 e. The Morgan fingerprint density at radius 3 is 2.83 bits per heavy atom. The smallest absolute Gasteiger partial charge is 0.225 e. The Morgan fingerprint density at radius 1 is 1.37 bits per heavy atom. The van der Waals surface area contributed by atoms with Crippen molar-refractivity contribution in [1.29, 1.82) is 5.26 Å². The molecule has 0 bridgehead atoms. The number of nitriles is 1. The first kappa shape index (κ1) is 24.7. The fourth-order valence-corrected chi connectivity index (χ4v) is 4.60. The summed E-state index contributed by atoms with van der Waals surface area (Å²) in [5, 5.41) is 13.4. The van der Waals surface area contributed by atoms with Crippen molar-refractivity contribution in [2.24, 2.45) is 5.92 Å². The number of amides is 1. The SMILES string of the molecule is C=Cc1ccnc(Nc2cc(C#N)c(N3CCN(C(=O)CCOC)C(C(C)C)C3)nc2C2CC2)c1. The van der Waals surface area contributed by atoms with Crippen molar-refractivity contribution in [1.82, 2.24) is 14.9 Å². The van der Waals surface area contributed by atoms with E-state index in [2.05, 4.69) is 41.7 Å². The summed E-state index contributed by atoms with van der Waals surface area (Å²) >= 11 is 0. The van der Waals surface area contributed by atoms with Gasteiger partial charge >= 0.3 is 0 Å². The second-order valence-corrected chi connectivity index (χ2v) is 9.57. The molecule has 4 rings (SSSR count). The minimum atomic E-state index is 0.0504. The molecule has 3 heterocycles. The number of anilines is 3. The summed E-state index contributed by atoms with van der Waals surface area (Å²) in [5.41, 5.74) is 3.30. The van der Waals surface area contributed by atoms with Crippen LogP contribution in [0.15, 0.2) is 31.0 Å². The van der Waals surface area contributed by atoms with Crippen LogP contribution in [0.1, 0.15) is 55.8 Å². The van der Waals surface area contributed by atoms with Crippen LogP contribution in [0.3, 0.4) is 0 Å². The molecule has 0 aromatic carbocycles. The van der Waals surface area contributed by atoms with Gasteiger partial charge < -0.3 is 19.9 Å². The van der Waals surface area contributed by atoms with Gasteiger partial charge in [-0.25, -0.2) is 9.97 Å². The van der Waals surface area contributed by atoms with Crippen molar-refractivity contribution < 1.29 is 9.53 Å². The number of nitrogens with zero attached hydrogens (tertiary/aromatic N) is 5. The van der Waals surface area contributed by atoms with Crippen molar-refractivity contribution >= 4 is 29.3 Å². The first-order valence-corrected chi connectivity index (χ1v) is 12.3. The highest BCUT2D eigenvalue weighted by atomic mass is 16.5. The van der Waals surface area contributed by atoms with E-state index in [1.54, 1.807) is 19.4 Å². The van der Waals surface area contributed by atoms with Gasteiger partial charge in [0.2, 0.25) is 5.91 Å². The van der Waals surface area contributed by atoms with E-state index >= 15 is 0 Å². The van der Waals surface area contributed by atoms with Crippen LogP contribution >= 0.6 is 0 Å². The van der Waals surface area contributed by atoms with E-state index < -0.39 is 0 Å². The number of methoxy groups -OCH3 is 1. The molecular weight excluding hydrogens is 440 g/mol. The fraction of sp³-hybridized carbons (Fsp3) is 0.481. The molecule has 1 aliphatic heterocycles. The van der Waals surface area contributed by atoms with E-state index in [0.717, 1.165) is 29.8 Å². The molecular formula is C27H34N6O2. The number of ether oxygens (including phenoxy) is 1. The third-order valence-electron chi connectivity index (χ3n) is 6.73. The lowest BCUT2D eigenvalue weighted by Crippen LogP contribution is -2.57. The molecule has 184 valence electrons. The molecule has 2 aromatic rings. The normalized spacial score (nSPS) is 17.9. The summed E-state index contributed by atoms with van der Waals surface area (Å²) < 4.78 is 5.11. The number of pyridine rings is 2. The number of piperazine rings is 1. The van der Waals surface area contributed by atoms with Gasteiger partial charge in [-0.05, 0) is 42.5 Å². The van der Waals surface area contributed by atoms with Crippen LogP contribution in [0, 0.1) is 17.2 Å². The lowest BCUT2D eigenvalue weighted by Gasteiger charge is -2.44. The predicted octanol–water partition coefficient (Wildman–Crippen LogP) is 4.32. The Balaban J connectivity index is 1.62. The molecule has 2 aromatic heterocycles. The van der Waals surface area contributed by atoms with Crippen LogP contribution in [0.5, 0.6) is 0 Å². The zero-order valence-corrected chi connectivity index (χ0v) is 20.8. The lowest BCUT2D eigenvalue weighted by atomic mass is 9.98. The molecule has 2 fully saturated rings. The highest BCUT2D eigenvalue weighted by Gasteiger charge is 2.35. The number of hydrogen-bond acceptors (Lipinski definition) is 7. The zero-order chi connectivity index (χ0) is 24.9. The van der Waals surface area contributed by atoms with Crippen molar-refractivity contribution in [3.63, 3.8) is 0 Å². The van der Waals surface area contributed by atoms with Crippen LogP contribution in [0.25, 0.3) is 6.08 Å². The number of rotatable bonds is 9. The Hall–Kier alpha value is -3.44. The van der Waals surface area contributed by atoms with Crippen molar-refractivity contribution in [2.75, 3.05) is 43.6 Å². The highest BCUT2D eigenvalue weighted by molar-refractivity contribution is 5.77. The summed E-state index contributed by atoms with van der Waals surface area (Å²) in [7, 11) is 1.61. The van der Waals surface area contributed by atoms with E-state index in [4.69, 9.17) is 9.72 Å². The molecule has 1 amide bonds. The maximum atomic E-state index is 12.8. The van der Waals surface area contributed by atoms with Gasteiger partial charge in [-0.1, -0.05) is 26.5 Å². The number of carbonyl (C=O) groups excluding carboxylic acids is 1. The monoisotopic (exact) mass is 474 g/mol. The molecule has 8 nitrogen and oxygen atoms in total. The zero-order valence-electron chi connectivity index (χ0n) is 20.8. The first-order chi connectivity index (χ1) is 16.9. The Bertz CT molecular complexity index is 1120. The minimum Gasteiger partial charge on any atom is -0.384 e. The fourth-order valence-electron chi connectivity index (χ4n) is 4.60. The molecule has 1 unspecified atom stereocenters. The van der Waals surface area contributed by atoms with Crippen LogP contribution in [0.2, 0.25) is 0 Å². The summed E-state index contributed by atoms with van der Waals surface area (Å²) in [6.07, 6.45) is 6.08. The van der Waals surface area contributed by atoms with Crippen LogP contribution in [-0.4, -0.2) is 60.2 Å². The number of carbonyl (C=O) groups is 1. The third-order valence-corrected chi connectivity index (χ3v) is 6.73. The minimum absolute atomic E-state index is 0.0504. The van der Waals surface area contributed by atoms with Gasteiger partial charge in [0, 0.05) is 38.9 Å². The molecule has 1 aliphatic carbocycles. The number of hydrogen-bond donors (Lipinski definition) is 1. The summed E-state index contributed by atoms with van der Waals surface area (Å²) in [5.74, 6) is 2.19. The quantitative estimate of drug-likeness (QED) is 0.578. The van der Waals surface area contributed by atoms with E-state index in [1.807, 2.05) is 23.1 Å². The van der Waals surface area contributed by atoms with E-state index in [0.29, 0.717) is 55.8 Å². The molecule has 1 saturated carbocycles. The predicted molar refractivity (Wildman–Crippen MR) is 138 cm³/mol. The summed E-state index contributed by atoms with van der Waals surface area (Å²) in [6, 6.07) is 8.13. The molecule has 2 aliphatic rings. The summed E-state index contributed by atoms with van der Waals surface area (Å²) in [6.45, 7) is 10.4. The van der Waals surface area contributed by atoms with E-state index in [1.165, 1.54) is 0 Å². The number of nitrogens with one attached hydrogen (secondary N) is 1. The van der Waals surface area contributed by atoms with Crippen molar-refractivity contribution in [3.8, 4) is 6.07 Å². The van der Waals surface area contributed by atoms with Gasteiger partial charge in [0.25, 0.3) is 0 Å².